The molecule has 9 heteroatoms. The average molecular weight is 399 g/mol. The Morgan fingerprint density at radius 1 is 1.10 bits per heavy atom. The number of non-ortho nitro benzene ring substituents is 1. The number of carboxylic acids is 1. The van der Waals surface area contributed by atoms with E-state index in [2.05, 4.69) is 10.6 Å². The van der Waals surface area contributed by atoms with Crippen LogP contribution in [0.2, 0.25) is 0 Å². The van der Waals surface area contributed by atoms with Crippen molar-refractivity contribution in [1.82, 2.24) is 10.6 Å². The van der Waals surface area contributed by atoms with E-state index in [-0.39, 0.29) is 17.7 Å². The normalized spacial score (nSPS) is 12.5. The number of aliphatic carboxylic acids is 1. The molecule has 3 N–H and O–H groups in total. The number of carbonyl (C=O) groups excluding carboxylic acids is 2. The molecular weight excluding hydrogens is 378 g/mol. The highest BCUT2D eigenvalue weighted by Crippen LogP contribution is 2.21. The van der Waals surface area contributed by atoms with Crippen molar-refractivity contribution in [2.45, 2.75) is 32.4 Å². The minimum absolute atomic E-state index is 0.0415. The number of rotatable bonds is 8. The van der Waals surface area contributed by atoms with Gasteiger partial charge in [0.15, 0.2) is 0 Å². The fourth-order valence-corrected chi connectivity index (χ4v) is 2.79. The van der Waals surface area contributed by atoms with Crippen molar-refractivity contribution < 1.29 is 24.4 Å². The van der Waals surface area contributed by atoms with E-state index >= 15 is 0 Å². The van der Waals surface area contributed by atoms with Crippen LogP contribution in [0.4, 0.5) is 5.69 Å². The lowest BCUT2D eigenvalue weighted by Gasteiger charge is -2.22. The van der Waals surface area contributed by atoms with E-state index in [0.717, 1.165) is 11.6 Å². The van der Waals surface area contributed by atoms with Crippen LogP contribution in [0.1, 0.15) is 40.9 Å². The number of carboxylic acid groups (broad SMARTS) is 1. The number of nitrogens with one attached hydrogen (secondary N) is 2. The summed E-state index contributed by atoms with van der Waals surface area (Å²) in [6.07, 6.45) is -0.317. The van der Waals surface area contributed by atoms with E-state index in [1.165, 1.54) is 25.1 Å². The molecule has 0 bridgehead atoms. The lowest BCUT2D eigenvalue weighted by atomic mass is 9.98. The summed E-state index contributed by atoms with van der Waals surface area (Å²) in [5.74, 6) is -2.30. The predicted octanol–water partition coefficient (Wildman–Crippen LogP) is 2.35. The molecule has 2 unspecified atom stereocenters. The summed E-state index contributed by atoms with van der Waals surface area (Å²) in [4.78, 5) is 46.3. The number of nitro groups is 1. The van der Waals surface area contributed by atoms with Gasteiger partial charge in [-0.15, -0.1) is 0 Å². The SMILES string of the molecule is Cc1ccccc1C(CC(=O)O)NC(=O)C(C)NC(=O)c1cccc([N+](=O)[O-])c1. The summed E-state index contributed by atoms with van der Waals surface area (Å²) < 4.78 is 0. The Hall–Kier alpha value is -3.75. The van der Waals surface area contributed by atoms with E-state index in [4.69, 9.17) is 0 Å². The highest BCUT2D eigenvalue weighted by molar-refractivity contribution is 5.98. The summed E-state index contributed by atoms with van der Waals surface area (Å²) in [5.41, 5.74) is 1.29. The van der Waals surface area contributed by atoms with E-state index in [9.17, 15) is 29.6 Å². The number of nitrogens with zero attached hydrogens (tertiary/aromatic N) is 1. The highest BCUT2D eigenvalue weighted by atomic mass is 16.6. The van der Waals surface area contributed by atoms with Crippen molar-refractivity contribution in [3.8, 4) is 0 Å². The van der Waals surface area contributed by atoms with Gasteiger partial charge < -0.3 is 15.7 Å². The molecule has 2 aromatic rings. The molecule has 0 aliphatic heterocycles. The lowest BCUT2D eigenvalue weighted by molar-refractivity contribution is -0.384. The molecule has 0 aromatic heterocycles. The van der Waals surface area contributed by atoms with Gasteiger partial charge in [-0.1, -0.05) is 30.3 Å². The van der Waals surface area contributed by atoms with Gasteiger partial charge in [-0.3, -0.25) is 24.5 Å². The van der Waals surface area contributed by atoms with Crippen LogP contribution in [0.3, 0.4) is 0 Å². The Morgan fingerprint density at radius 2 is 1.79 bits per heavy atom. The molecule has 2 rings (SSSR count). The third-order valence-electron chi connectivity index (χ3n) is 4.32. The topological polar surface area (TPSA) is 139 Å². The summed E-state index contributed by atoms with van der Waals surface area (Å²) in [5, 5.41) is 25.1. The van der Waals surface area contributed by atoms with E-state index in [0.29, 0.717) is 5.56 Å². The number of amides is 2. The van der Waals surface area contributed by atoms with Gasteiger partial charge in [0.25, 0.3) is 11.6 Å². The lowest BCUT2D eigenvalue weighted by Crippen LogP contribution is -2.46. The first-order valence-corrected chi connectivity index (χ1v) is 8.82. The minimum Gasteiger partial charge on any atom is -0.481 e. The van der Waals surface area contributed by atoms with Gasteiger partial charge in [0.1, 0.15) is 6.04 Å². The number of aryl methyl sites for hydroxylation is 1. The van der Waals surface area contributed by atoms with Gasteiger partial charge in [-0.25, -0.2) is 0 Å². The van der Waals surface area contributed by atoms with E-state index < -0.39 is 34.8 Å². The van der Waals surface area contributed by atoms with Gasteiger partial charge in [-0.05, 0) is 31.0 Å². The van der Waals surface area contributed by atoms with Crippen molar-refractivity contribution >= 4 is 23.5 Å². The number of hydrogen-bond acceptors (Lipinski definition) is 5. The third-order valence-corrected chi connectivity index (χ3v) is 4.32. The maximum Gasteiger partial charge on any atom is 0.305 e. The van der Waals surface area contributed by atoms with E-state index in [1.807, 2.05) is 13.0 Å². The van der Waals surface area contributed by atoms with Crippen LogP contribution in [0.5, 0.6) is 0 Å². The average Bonchev–Trinajstić information content (AvgIpc) is 2.67. The van der Waals surface area contributed by atoms with Crippen LogP contribution in [0.25, 0.3) is 0 Å². The smallest absolute Gasteiger partial charge is 0.305 e. The molecule has 0 radical (unpaired) electrons. The van der Waals surface area contributed by atoms with Gasteiger partial charge in [-0.2, -0.15) is 0 Å². The minimum atomic E-state index is -1.08. The molecule has 0 spiro atoms. The molecule has 2 amide bonds. The molecule has 152 valence electrons. The van der Waals surface area contributed by atoms with Gasteiger partial charge in [0.2, 0.25) is 5.91 Å². The third kappa shape index (κ3) is 5.86. The second-order valence-electron chi connectivity index (χ2n) is 6.52. The Morgan fingerprint density at radius 3 is 2.41 bits per heavy atom. The quantitative estimate of drug-likeness (QED) is 0.460. The second kappa shape index (κ2) is 9.45. The first-order chi connectivity index (χ1) is 13.7. The largest absolute Gasteiger partial charge is 0.481 e. The maximum atomic E-state index is 12.5. The molecule has 0 aliphatic carbocycles. The van der Waals surface area contributed by atoms with Crippen LogP contribution in [-0.4, -0.2) is 33.9 Å². The Labute approximate surface area is 166 Å². The van der Waals surface area contributed by atoms with Crippen molar-refractivity contribution in [2.75, 3.05) is 0 Å². The molecule has 2 atom stereocenters. The van der Waals surface area contributed by atoms with Crippen LogP contribution in [-0.2, 0) is 9.59 Å². The number of benzene rings is 2. The van der Waals surface area contributed by atoms with Gasteiger partial charge >= 0.3 is 5.97 Å². The first-order valence-electron chi connectivity index (χ1n) is 8.82. The predicted molar refractivity (Wildman–Crippen MR) is 104 cm³/mol. The van der Waals surface area contributed by atoms with E-state index in [1.54, 1.807) is 18.2 Å². The Balaban J connectivity index is 2.10. The molecule has 0 heterocycles. The maximum absolute atomic E-state index is 12.5. The van der Waals surface area contributed by atoms with Crippen molar-refractivity contribution in [3.63, 3.8) is 0 Å². The number of nitro benzene ring substituents is 1. The summed E-state index contributed by atoms with van der Waals surface area (Å²) >= 11 is 0. The monoisotopic (exact) mass is 399 g/mol. The zero-order valence-corrected chi connectivity index (χ0v) is 15.9. The fraction of sp³-hybridized carbons (Fsp3) is 0.250. The second-order valence-corrected chi connectivity index (χ2v) is 6.52. The van der Waals surface area contributed by atoms with Gasteiger partial charge in [0, 0.05) is 17.7 Å². The zero-order chi connectivity index (χ0) is 21.6. The molecule has 2 aromatic carbocycles. The Bertz CT molecular complexity index is 943. The van der Waals surface area contributed by atoms with Crippen molar-refractivity contribution in [2.24, 2.45) is 0 Å². The van der Waals surface area contributed by atoms with Crippen LogP contribution in [0.15, 0.2) is 48.5 Å². The van der Waals surface area contributed by atoms with Crippen LogP contribution < -0.4 is 10.6 Å². The number of carbonyl (C=O) groups is 3. The fourth-order valence-electron chi connectivity index (χ4n) is 2.79. The first kappa shape index (κ1) is 21.5. The Kier molecular flexibility index (Phi) is 7.02. The van der Waals surface area contributed by atoms with Gasteiger partial charge in [0.05, 0.1) is 17.4 Å². The summed E-state index contributed by atoms with van der Waals surface area (Å²) in [6.45, 7) is 3.25. The molecule has 9 nitrogen and oxygen atoms in total. The molecule has 0 saturated carbocycles. The molecular formula is C20H21N3O6. The highest BCUT2D eigenvalue weighted by Gasteiger charge is 2.24. The number of hydrogen-bond donors (Lipinski definition) is 3. The zero-order valence-electron chi connectivity index (χ0n) is 15.9. The summed E-state index contributed by atoms with van der Waals surface area (Å²) in [7, 11) is 0. The standard InChI is InChI=1S/C20H21N3O6/c1-12-6-3-4-9-16(12)17(11-18(24)25)22-19(26)13(2)21-20(27)14-7-5-8-15(10-14)23(28)29/h3-10,13,17H,11H2,1-2H3,(H,21,27)(H,22,26)(H,24,25). The van der Waals surface area contributed by atoms with Crippen molar-refractivity contribution in [3.05, 3.63) is 75.3 Å². The van der Waals surface area contributed by atoms with Crippen LogP contribution >= 0.6 is 0 Å². The summed E-state index contributed by atoms with van der Waals surface area (Å²) in [6, 6.07) is 10.5. The molecule has 0 saturated heterocycles. The van der Waals surface area contributed by atoms with Crippen LogP contribution in [0, 0.1) is 17.0 Å². The molecule has 29 heavy (non-hydrogen) atoms. The van der Waals surface area contributed by atoms with Crippen molar-refractivity contribution in [1.29, 1.82) is 0 Å². The molecule has 0 aliphatic rings. The molecule has 0 fully saturated rings.